The topological polar surface area (TPSA) is 54.9 Å². The van der Waals surface area contributed by atoms with E-state index in [4.69, 9.17) is 9.47 Å². The molecular formula is C20H28IN3O2. The van der Waals surface area contributed by atoms with Gasteiger partial charge in [0, 0.05) is 45.5 Å². The first-order valence-corrected chi connectivity index (χ1v) is 8.46. The smallest absolute Gasteiger partial charge is 0.195 e. The number of methoxy groups -OCH3 is 1. The number of aliphatic imine (C=N–C) groups is 1. The van der Waals surface area contributed by atoms with Gasteiger partial charge in [-0.05, 0) is 24.6 Å². The Morgan fingerprint density at radius 2 is 1.88 bits per heavy atom. The molecule has 0 radical (unpaired) electrons. The molecule has 0 aliphatic heterocycles. The zero-order chi connectivity index (χ0) is 17.9. The van der Waals surface area contributed by atoms with Gasteiger partial charge in [0.15, 0.2) is 5.96 Å². The van der Waals surface area contributed by atoms with Gasteiger partial charge in [0.05, 0.1) is 6.61 Å². The third-order valence-corrected chi connectivity index (χ3v) is 3.62. The van der Waals surface area contributed by atoms with Crippen LogP contribution >= 0.6 is 24.0 Å². The van der Waals surface area contributed by atoms with Gasteiger partial charge in [0.25, 0.3) is 0 Å². The molecule has 6 heteroatoms. The SMILES string of the molecule is CN=C(NCc1cccc(C)c1)Nc1cccc(OCCCOC)c1.I. The standard InChI is InChI=1S/C20H27N3O2.HI/c1-16-7-4-8-17(13-16)15-22-20(21-2)23-18-9-5-10-19(14-18)25-12-6-11-24-3;/h4-5,7-10,13-14H,6,11-12,15H2,1-3H3,(H2,21,22,23);1H. The van der Waals surface area contributed by atoms with E-state index in [1.807, 2.05) is 24.3 Å². The summed E-state index contributed by atoms with van der Waals surface area (Å²) in [6, 6.07) is 16.3. The summed E-state index contributed by atoms with van der Waals surface area (Å²) in [6.07, 6.45) is 0.869. The fraction of sp³-hybridized carbons (Fsp3) is 0.350. The Labute approximate surface area is 173 Å². The van der Waals surface area contributed by atoms with Gasteiger partial charge in [-0.2, -0.15) is 0 Å². The zero-order valence-electron chi connectivity index (χ0n) is 15.6. The highest BCUT2D eigenvalue weighted by atomic mass is 127. The average Bonchev–Trinajstić information content (AvgIpc) is 2.63. The van der Waals surface area contributed by atoms with Crippen molar-refractivity contribution in [1.82, 2.24) is 5.32 Å². The van der Waals surface area contributed by atoms with Gasteiger partial charge in [0.1, 0.15) is 5.75 Å². The Kier molecular flexibility index (Phi) is 10.7. The van der Waals surface area contributed by atoms with Gasteiger partial charge in [0.2, 0.25) is 0 Å². The third kappa shape index (κ3) is 8.05. The number of ether oxygens (including phenoxy) is 2. The maximum atomic E-state index is 5.73. The number of guanidine groups is 1. The highest BCUT2D eigenvalue weighted by Gasteiger charge is 2.02. The van der Waals surface area contributed by atoms with Crippen molar-refractivity contribution < 1.29 is 9.47 Å². The lowest BCUT2D eigenvalue weighted by molar-refractivity contribution is 0.172. The first-order valence-electron chi connectivity index (χ1n) is 8.46. The number of benzene rings is 2. The van der Waals surface area contributed by atoms with Crippen molar-refractivity contribution in [1.29, 1.82) is 0 Å². The highest BCUT2D eigenvalue weighted by molar-refractivity contribution is 14.0. The largest absolute Gasteiger partial charge is 0.493 e. The second kappa shape index (κ2) is 12.5. The predicted molar refractivity (Wildman–Crippen MR) is 119 cm³/mol. The maximum Gasteiger partial charge on any atom is 0.195 e. The van der Waals surface area contributed by atoms with E-state index in [9.17, 15) is 0 Å². The van der Waals surface area contributed by atoms with Crippen LogP contribution in [0.25, 0.3) is 0 Å². The van der Waals surface area contributed by atoms with Crippen molar-refractivity contribution in [3.8, 4) is 5.75 Å². The van der Waals surface area contributed by atoms with Crippen molar-refractivity contribution >= 4 is 35.6 Å². The fourth-order valence-electron chi connectivity index (χ4n) is 2.38. The third-order valence-electron chi connectivity index (χ3n) is 3.62. The molecule has 0 saturated heterocycles. The number of nitrogens with one attached hydrogen (secondary N) is 2. The summed E-state index contributed by atoms with van der Waals surface area (Å²) in [5.41, 5.74) is 3.40. The molecule has 5 nitrogen and oxygen atoms in total. The minimum Gasteiger partial charge on any atom is -0.493 e. The molecule has 0 aromatic heterocycles. The molecule has 2 rings (SSSR count). The van der Waals surface area contributed by atoms with E-state index >= 15 is 0 Å². The van der Waals surface area contributed by atoms with Gasteiger partial charge in [-0.1, -0.05) is 35.9 Å². The van der Waals surface area contributed by atoms with Crippen LogP contribution in [0, 0.1) is 6.92 Å². The van der Waals surface area contributed by atoms with Gasteiger partial charge in [-0.3, -0.25) is 4.99 Å². The van der Waals surface area contributed by atoms with Crippen molar-refractivity contribution in [2.24, 2.45) is 4.99 Å². The summed E-state index contributed by atoms with van der Waals surface area (Å²) >= 11 is 0. The van der Waals surface area contributed by atoms with Crippen LogP contribution in [-0.2, 0) is 11.3 Å². The quantitative estimate of drug-likeness (QED) is 0.263. The first kappa shape index (κ1) is 22.2. The average molecular weight is 469 g/mol. The van der Waals surface area contributed by atoms with Crippen LogP contribution in [0.1, 0.15) is 17.5 Å². The van der Waals surface area contributed by atoms with Crippen LogP contribution in [0.4, 0.5) is 5.69 Å². The molecule has 0 aliphatic carbocycles. The molecule has 0 spiro atoms. The van der Waals surface area contributed by atoms with E-state index in [1.165, 1.54) is 11.1 Å². The zero-order valence-corrected chi connectivity index (χ0v) is 17.9. The number of hydrogen-bond acceptors (Lipinski definition) is 3. The van der Waals surface area contributed by atoms with Crippen LogP contribution in [0.5, 0.6) is 5.75 Å². The second-order valence-electron chi connectivity index (χ2n) is 5.76. The first-order chi connectivity index (χ1) is 12.2. The van der Waals surface area contributed by atoms with Crippen molar-refractivity contribution in [2.45, 2.75) is 19.9 Å². The lowest BCUT2D eigenvalue weighted by Gasteiger charge is -2.13. The summed E-state index contributed by atoms with van der Waals surface area (Å²) in [5, 5.41) is 6.61. The molecule has 0 aliphatic rings. The summed E-state index contributed by atoms with van der Waals surface area (Å²) in [5.74, 6) is 1.55. The van der Waals surface area contributed by atoms with Crippen LogP contribution in [0.3, 0.4) is 0 Å². The number of nitrogens with zero attached hydrogens (tertiary/aromatic N) is 1. The van der Waals surface area contributed by atoms with Crippen LogP contribution in [0.15, 0.2) is 53.5 Å². The molecule has 0 fully saturated rings. The molecule has 2 aromatic rings. The molecule has 0 bridgehead atoms. The summed E-state index contributed by atoms with van der Waals surface area (Å²) in [6.45, 7) is 4.15. The summed E-state index contributed by atoms with van der Waals surface area (Å²) < 4.78 is 10.8. The van der Waals surface area contributed by atoms with Crippen molar-refractivity contribution in [2.75, 3.05) is 32.7 Å². The van der Waals surface area contributed by atoms with E-state index < -0.39 is 0 Å². The minimum atomic E-state index is 0. The molecule has 142 valence electrons. The minimum absolute atomic E-state index is 0. The van der Waals surface area contributed by atoms with E-state index in [2.05, 4.69) is 46.8 Å². The Balaban J connectivity index is 0.00000338. The number of hydrogen-bond donors (Lipinski definition) is 2. The normalized spacial score (nSPS) is 10.8. The molecule has 2 N–H and O–H groups in total. The Morgan fingerprint density at radius 1 is 1.08 bits per heavy atom. The van der Waals surface area contributed by atoms with E-state index in [1.54, 1.807) is 14.2 Å². The van der Waals surface area contributed by atoms with Crippen molar-refractivity contribution in [3.05, 3.63) is 59.7 Å². The van der Waals surface area contributed by atoms with Gasteiger partial charge < -0.3 is 20.1 Å². The molecule has 0 unspecified atom stereocenters. The van der Waals surface area contributed by atoms with E-state index in [0.717, 1.165) is 23.8 Å². The second-order valence-corrected chi connectivity index (χ2v) is 5.76. The van der Waals surface area contributed by atoms with Crippen molar-refractivity contribution in [3.63, 3.8) is 0 Å². The Hall–Kier alpha value is -1.80. The number of rotatable bonds is 8. The van der Waals surface area contributed by atoms with E-state index in [-0.39, 0.29) is 24.0 Å². The molecule has 0 heterocycles. The van der Waals surface area contributed by atoms with Gasteiger partial charge in [-0.25, -0.2) is 0 Å². The predicted octanol–water partition coefficient (Wildman–Crippen LogP) is 4.22. The Bertz CT molecular complexity index is 692. The molecule has 26 heavy (non-hydrogen) atoms. The maximum absolute atomic E-state index is 5.73. The molecule has 2 aromatic carbocycles. The molecular weight excluding hydrogens is 441 g/mol. The number of halogens is 1. The molecule has 0 amide bonds. The summed E-state index contributed by atoms with van der Waals surface area (Å²) in [7, 11) is 3.45. The number of anilines is 1. The van der Waals surface area contributed by atoms with Crippen LogP contribution in [0.2, 0.25) is 0 Å². The fourth-order valence-corrected chi connectivity index (χ4v) is 2.38. The van der Waals surface area contributed by atoms with Crippen LogP contribution in [-0.4, -0.2) is 33.3 Å². The highest BCUT2D eigenvalue weighted by Crippen LogP contribution is 2.17. The van der Waals surface area contributed by atoms with Crippen LogP contribution < -0.4 is 15.4 Å². The van der Waals surface area contributed by atoms with Gasteiger partial charge >= 0.3 is 0 Å². The Morgan fingerprint density at radius 3 is 2.62 bits per heavy atom. The monoisotopic (exact) mass is 469 g/mol. The summed E-state index contributed by atoms with van der Waals surface area (Å²) in [4.78, 5) is 4.27. The van der Waals surface area contributed by atoms with E-state index in [0.29, 0.717) is 19.8 Å². The molecule has 0 saturated carbocycles. The molecule has 0 atom stereocenters. The number of aryl methyl sites for hydroxylation is 1. The van der Waals surface area contributed by atoms with Gasteiger partial charge in [-0.15, -0.1) is 24.0 Å². The lowest BCUT2D eigenvalue weighted by atomic mass is 10.1. The lowest BCUT2D eigenvalue weighted by Crippen LogP contribution is -2.30.